The zero-order chi connectivity index (χ0) is 13.0. The number of rotatable bonds is 3. The van der Waals surface area contributed by atoms with Gasteiger partial charge in [0.2, 0.25) is 0 Å². The van der Waals surface area contributed by atoms with E-state index >= 15 is 0 Å². The van der Waals surface area contributed by atoms with E-state index in [1.165, 1.54) is 6.08 Å². The number of carbonyl (C=O) groups is 1. The Bertz CT molecular complexity index is 592. The minimum Gasteiger partial charge on any atom is -0.478 e. The first kappa shape index (κ1) is 12.0. The highest BCUT2D eigenvalue weighted by Gasteiger charge is 2.02. The van der Waals surface area contributed by atoms with Crippen LogP contribution in [0.1, 0.15) is 11.5 Å². The molecule has 0 radical (unpaired) electrons. The first-order valence-corrected chi connectivity index (χ1v) is 5.47. The molecule has 0 aliphatic carbocycles. The summed E-state index contributed by atoms with van der Waals surface area (Å²) in [7, 11) is 0. The first-order chi connectivity index (χ1) is 8.65. The summed E-state index contributed by atoms with van der Waals surface area (Å²) < 4.78 is 0. The highest BCUT2D eigenvalue weighted by Crippen LogP contribution is 2.17. The molecule has 4 heteroatoms. The number of benzene rings is 1. The van der Waals surface area contributed by atoms with Gasteiger partial charge < -0.3 is 5.11 Å². The molecule has 0 saturated heterocycles. The summed E-state index contributed by atoms with van der Waals surface area (Å²) in [6, 6.07) is 11.6. The molecule has 0 amide bonds. The van der Waals surface area contributed by atoms with Crippen molar-refractivity contribution < 1.29 is 9.90 Å². The average molecular weight is 240 g/mol. The molecule has 0 saturated carbocycles. The maximum Gasteiger partial charge on any atom is 0.328 e. The van der Waals surface area contributed by atoms with Crippen LogP contribution in [0, 0.1) is 6.92 Å². The van der Waals surface area contributed by atoms with Crippen LogP contribution in [0.4, 0.5) is 0 Å². The van der Waals surface area contributed by atoms with Crippen LogP contribution in [0.2, 0.25) is 0 Å². The highest BCUT2D eigenvalue weighted by molar-refractivity contribution is 5.84. The third kappa shape index (κ3) is 3.01. The summed E-state index contributed by atoms with van der Waals surface area (Å²) >= 11 is 0. The van der Waals surface area contributed by atoms with Crippen LogP contribution in [-0.4, -0.2) is 21.0 Å². The topological polar surface area (TPSA) is 63.1 Å². The first-order valence-electron chi connectivity index (χ1n) is 5.47. The number of hydrogen-bond donors (Lipinski definition) is 1. The molecule has 18 heavy (non-hydrogen) atoms. The van der Waals surface area contributed by atoms with Gasteiger partial charge in [-0.3, -0.25) is 0 Å². The molecule has 0 unspecified atom stereocenters. The van der Waals surface area contributed by atoms with Crippen LogP contribution in [-0.2, 0) is 4.79 Å². The van der Waals surface area contributed by atoms with Crippen molar-refractivity contribution in [3.8, 4) is 11.3 Å². The molecule has 1 N–H and O–H groups in total. The van der Waals surface area contributed by atoms with E-state index in [-0.39, 0.29) is 0 Å². The van der Waals surface area contributed by atoms with Gasteiger partial charge in [-0.05, 0) is 19.1 Å². The molecule has 0 aliphatic rings. The summed E-state index contributed by atoms with van der Waals surface area (Å²) in [4.78, 5) is 19.0. The number of aliphatic carboxylic acids is 1. The van der Waals surface area contributed by atoms with Crippen LogP contribution < -0.4 is 0 Å². The van der Waals surface area contributed by atoms with Crippen molar-refractivity contribution in [1.29, 1.82) is 0 Å². The lowest BCUT2D eigenvalue weighted by Gasteiger charge is -2.03. The minimum absolute atomic E-state index is 0.399. The van der Waals surface area contributed by atoms with Crippen LogP contribution in [0.15, 0.2) is 42.5 Å². The van der Waals surface area contributed by atoms with Gasteiger partial charge in [0.15, 0.2) is 5.82 Å². The molecule has 1 aromatic carbocycles. The van der Waals surface area contributed by atoms with Crippen molar-refractivity contribution >= 4 is 12.0 Å². The highest BCUT2D eigenvalue weighted by atomic mass is 16.4. The Hall–Kier alpha value is -2.49. The van der Waals surface area contributed by atoms with Crippen molar-refractivity contribution in [3.05, 3.63) is 54.0 Å². The fraction of sp³-hybridized carbons (Fsp3) is 0.0714. The molecule has 2 rings (SSSR count). The molecule has 0 bridgehead atoms. The van der Waals surface area contributed by atoms with Crippen molar-refractivity contribution in [1.82, 2.24) is 9.97 Å². The predicted octanol–water partition coefficient (Wildman–Crippen LogP) is 2.55. The molecule has 90 valence electrons. The Morgan fingerprint density at radius 2 is 1.94 bits per heavy atom. The molecule has 1 aromatic heterocycles. The van der Waals surface area contributed by atoms with Crippen molar-refractivity contribution in [2.75, 3.05) is 0 Å². The van der Waals surface area contributed by atoms with Gasteiger partial charge in [0, 0.05) is 17.3 Å². The predicted molar refractivity (Wildman–Crippen MR) is 68.9 cm³/mol. The number of carboxylic acids is 1. The van der Waals surface area contributed by atoms with Gasteiger partial charge >= 0.3 is 5.97 Å². The molecular formula is C14H12N2O2. The number of carboxylic acid groups (broad SMARTS) is 1. The van der Waals surface area contributed by atoms with E-state index in [4.69, 9.17) is 5.11 Å². The molecular weight excluding hydrogens is 228 g/mol. The normalized spacial score (nSPS) is 10.7. The van der Waals surface area contributed by atoms with Crippen molar-refractivity contribution in [2.45, 2.75) is 6.92 Å². The lowest BCUT2D eigenvalue weighted by atomic mass is 10.1. The van der Waals surface area contributed by atoms with Crippen LogP contribution in [0.3, 0.4) is 0 Å². The second kappa shape index (κ2) is 5.23. The molecule has 0 atom stereocenters. The Balaban J connectivity index is 2.41. The Kier molecular flexibility index (Phi) is 3.48. The summed E-state index contributed by atoms with van der Waals surface area (Å²) in [5.41, 5.74) is 2.56. The maximum absolute atomic E-state index is 10.5. The monoisotopic (exact) mass is 240 g/mol. The van der Waals surface area contributed by atoms with Gasteiger partial charge in [0.25, 0.3) is 0 Å². The van der Waals surface area contributed by atoms with E-state index in [1.54, 1.807) is 0 Å². The fourth-order valence-electron chi connectivity index (χ4n) is 1.57. The zero-order valence-electron chi connectivity index (χ0n) is 9.87. The Morgan fingerprint density at radius 1 is 1.22 bits per heavy atom. The summed E-state index contributed by atoms with van der Waals surface area (Å²) in [6.07, 6.45) is 2.42. The number of hydrogen-bond acceptors (Lipinski definition) is 3. The van der Waals surface area contributed by atoms with E-state index in [0.717, 1.165) is 23.0 Å². The molecule has 4 nitrogen and oxygen atoms in total. The zero-order valence-corrected chi connectivity index (χ0v) is 9.87. The summed E-state index contributed by atoms with van der Waals surface area (Å²) in [5, 5.41) is 8.59. The van der Waals surface area contributed by atoms with Gasteiger partial charge in [0.05, 0.1) is 5.69 Å². The molecule has 1 heterocycles. The maximum atomic E-state index is 10.5. The van der Waals surface area contributed by atoms with Crippen molar-refractivity contribution in [2.24, 2.45) is 0 Å². The quantitative estimate of drug-likeness (QED) is 0.837. The summed E-state index contributed by atoms with van der Waals surface area (Å²) in [5.74, 6) is -0.613. The molecule has 0 spiro atoms. The number of aryl methyl sites for hydroxylation is 1. The SMILES string of the molecule is Cc1cc(-c2ccccc2)nc(/C=C/C(=O)O)n1. The lowest BCUT2D eigenvalue weighted by Crippen LogP contribution is -1.95. The number of aromatic nitrogens is 2. The Morgan fingerprint density at radius 3 is 2.61 bits per heavy atom. The van der Waals surface area contributed by atoms with Gasteiger partial charge in [-0.15, -0.1) is 0 Å². The van der Waals surface area contributed by atoms with Gasteiger partial charge in [-0.2, -0.15) is 0 Å². The number of nitrogens with zero attached hydrogens (tertiary/aromatic N) is 2. The van der Waals surface area contributed by atoms with E-state index < -0.39 is 5.97 Å². The fourth-order valence-corrected chi connectivity index (χ4v) is 1.57. The second-order valence-electron chi connectivity index (χ2n) is 3.79. The largest absolute Gasteiger partial charge is 0.478 e. The Labute approximate surface area is 105 Å². The third-order valence-electron chi connectivity index (χ3n) is 2.32. The lowest BCUT2D eigenvalue weighted by molar-refractivity contribution is -0.131. The van der Waals surface area contributed by atoms with Crippen LogP contribution in [0.5, 0.6) is 0 Å². The second-order valence-corrected chi connectivity index (χ2v) is 3.79. The standard InChI is InChI=1S/C14H12N2O2/c1-10-9-12(11-5-3-2-4-6-11)16-13(15-10)7-8-14(17)18/h2-9H,1H3,(H,17,18)/b8-7+. The van der Waals surface area contributed by atoms with E-state index in [9.17, 15) is 4.79 Å². The van der Waals surface area contributed by atoms with Gasteiger partial charge in [-0.1, -0.05) is 30.3 Å². The van der Waals surface area contributed by atoms with E-state index in [1.807, 2.05) is 43.3 Å². The third-order valence-corrected chi connectivity index (χ3v) is 2.32. The smallest absolute Gasteiger partial charge is 0.328 e. The van der Waals surface area contributed by atoms with Crippen molar-refractivity contribution in [3.63, 3.8) is 0 Å². The minimum atomic E-state index is -1.01. The van der Waals surface area contributed by atoms with Gasteiger partial charge in [-0.25, -0.2) is 14.8 Å². The van der Waals surface area contributed by atoms with Crippen LogP contribution >= 0.6 is 0 Å². The van der Waals surface area contributed by atoms with Crippen LogP contribution in [0.25, 0.3) is 17.3 Å². The summed E-state index contributed by atoms with van der Waals surface area (Å²) in [6.45, 7) is 1.85. The molecule has 2 aromatic rings. The van der Waals surface area contributed by atoms with Gasteiger partial charge in [0.1, 0.15) is 0 Å². The molecule has 0 aliphatic heterocycles. The van der Waals surface area contributed by atoms with E-state index in [0.29, 0.717) is 5.82 Å². The van der Waals surface area contributed by atoms with E-state index in [2.05, 4.69) is 9.97 Å². The average Bonchev–Trinajstić information content (AvgIpc) is 2.37. The molecule has 0 fully saturated rings.